The van der Waals surface area contributed by atoms with Gasteiger partial charge in [-0.25, -0.2) is 4.79 Å². The van der Waals surface area contributed by atoms with Crippen LogP contribution in [0.3, 0.4) is 0 Å². The van der Waals surface area contributed by atoms with E-state index in [0.29, 0.717) is 5.02 Å². The van der Waals surface area contributed by atoms with E-state index in [1.54, 1.807) is 0 Å². The lowest BCUT2D eigenvalue weighted by molar-refractivity contribution is -0.149. The van der Waals surface area contributed by atoms with Crippen LogP contribution in [-0.4, -0.2) is 18.1 Å². The Kier molecular flexibility index (Phi) is 6.71. The van der Waals surface area contributed by atoms with Crippen molar-refractivity contribution >= 4 is 28.9 Å². The van der Waals surface area contributed by atoms with Crippen LogP contribution in [0.2, 0.25) is 5.02 Å². The van der Waals surface area contributed by atoms with Crippen LogP contribution in [0.1, 0.15) is 38.8 Å². The highest BCUT2D eigenvalue weighted by Crippen LogP contribution is 2.33. The Hall–Kier alpha value is -2.00. The third kappa shape index (κ3) is 5.01. The summed E-state index contributed by atoms with van der Waals surface area (Å²) in [5.74, 6) is -0.151. The van der Waals surface area contributed by atoms with Crippen LogP contribution >= 0.6 is 11.6 Å². The van der Waals surface area contributed by atoms with E-state index in [-0.39, 0.29) is 18.0 Å². The van der Waals surface area contributed by atoms with Gasteiger partial charge < -0.3 is 9.64 Å². The molecule has 0 radical (unpaired) electrons. The van der Waals surface area contributed by atoms with Crippen molar-refractivity contribution in [3.05, 3.63) is 58.6 Å². The summed E-state index contributed by atoms with van der Waals surface area (Å²) in [4.78, 5) is 15.0. The summed E-state index contributed by atoms with van der Waals surface area (Å²) < 4.78 is 5.58. The Bertz CT molecular complexity index is 733. The molecule has 0 N–H and O–H groups in total. The zero-order valence-corrected chi connectivity index (χ0v) is 17.2. The van der Waals surface area contributed by atoms with E-state index in [2.05, 4.69) is 36.9 Å². The van der Waals surface area contributed by atoms with Crippen LogP contribution in [0, 0.1) is 19.8 Å². The number of carbonyl (C=O) groups excluding carboxylic acids is 1. The minimum atomic E-state index is -0.431. The smallest absolute Gasteiger partial charge is 0.329 e. The second-order valence-electron chi connectivity index (χ2n) is 7.37. The molecule has 4 heteroatoms. The highest BCUT2D eigenvalue weighted by molar-refractivity contribution is 6.30. The zero-order valence-electron chi connectivity index (χ0n) is 16.4. The summed E-state index contributed by atoms with van der Waals surface area (Å²) >= 11 is 6.08. The van der Waals surface area contributed by atoms with Gasteiger partial charge in [-0.2, -0.15) is 0 Å². The minimum absolute atomic E-state index is 0.0674. The first-order valence-electron chi connectivity index (χ1n) is 9.02. The third-order valence-electron chi connectivity index (χ3n) is 4.09. The average molecular weight is 374 g/mol. The number of rotatable bonds is 6. The average Bonchev–Trinajstić information content (AvgIpc) is 2.51. The lowest BCUT2D eigenvalue weighted by Gasteiger charge is -2.35. The van der Waals surface area contributed by atoms with Crippen molar-refractivity contribution in [2.45, 2.75) is 53.7 Å². The van der Waals surface area contributed by atoms with Crippen LogP contribution in [-0.2, 0) is 9.53 Å². The molecule has 0 bridgehead atoms. The van der Waals surface area contributed by atoms with Crippen molar-refractivity contribution in [1.82, 2.24) is 0 Å². The van der Waals surface area contributed by atoms with Gasteiger partial charge in [-0.05, 0) is 81.1 Å². The third-order valence-corrected chi connectivity index (χ3v) is 4.34. The van der Waals surface area contributed by atoms with Gasteiger partial charge in [0.15, 0.2) is 0 Å². The van der Waals surface area contributed by atoms with E-state index in [4.69, 9.17) is 16.3 Å². The molecular formula is C22H28ClNO2. The predicted molar refractivity (Wildman–Crippen MR) is 109 cm³/mol. The predicted octanol–water partition coefficient (Wildman–Crippen LogP) is 6.07. The normalized spacial score (nSPS) is 12.3. The summed E-state index contributed by atoms with van der Waals surface area (Å²) in [5, 5.41) is 0.667. The van der Waals surface area contributed by atoms with E-state index < -0.39 is 6.04 Å². The molecule has 3 nitrogen and oxygen atoms in total. The maximum atomic E-state index is 12.9. The van der Waals surface area contributed by atoms with E-state index in [1.807, 2.05) is 52.0 Å². The molecule has 0 saturated heterocycles. The number of carbonyl (C=O) groups is 1. The summed E-state index contributed by atoms with van der Waals surface area (Å²) in [6, 6.07) is 13.5. The van der Waals surface area contributed by atoms with Gasteiger partial charge in [0.25, 0.3) is 0 Å². The molecule has 0 fully saturated rings. The molecule has 1 atom stereocenters. The maximum Gasteiger partial charge on any atom is 0.329 e. The molecule has 140 valence electrons. The number of nitrogens with zero attached hydrogens (tertiary/aromatic N) is 1. The molecule has 2 aromatic rings. The van der Waals surface area contributed by atoms with Crippen molar-refractivity contribution in [3.63, 3.8) is 0 Å². The Labute approximate surface area is 161 Å². The highest BCUT2D eigenvalue weighted by Gasteiger charge is 2.32. The highest BCUT2D eigenvalue weighted by atomic mass is 35.5. The molecule has 0 aliphatic rings. The number of hydrogen-bond acceptors (Lipinski definition) is 3. The fourth-order valence-electron chi connectivity index (χ4n) is 3.14. The van der Waals surface area contributed by atoms with Crippen molar-refractivity contribution in [2.75, 3.05) is 4.90 Å². The molecule has 2 rings (SSSR count). The van der Waals surface area contributed by atoms with Gasteiger partial charge in [-0.3, -0.25) is 0 Å². The molecule has 0 amide bonds. The van der Waals surface area contributed by atoms with Gasteiger partial charge in [0.2, 0.25) is 0 Å². The topological polar surface area (TPSA) is 29.5 Å². The monoisotopic (exact) mass is 373 g/mol. The van der Waals surface area contributed by atoms with Gasteiger partial charge in [0.05, 0.1) is 6.10 Å². The van der Waals surface area contributed by atoms with Crippen LogP contribution in [0.5, 0.6) is 0 Å². The van der Waals surface area contributed by atoms with E-state index in [1.165, 1.54) is 0 Å². The molecule has 0 aromatic heterocycles. The SMILES string of the molecule is Cc1cc(C)cc(N(c2ccc(Cl)cc2)C(C(=O)OC(C)C)C(C)C)c1. The summed E-state index contributed by atoms with van der Waals surface area (Å²) in [5.41, 5.74) is 4.19. The largest absolute Gasteiger partial charge is 0.461 e. The Morgan fingerprint density at radius 3 is 1.92 bits per heavy atom. The number of esters is 1. The number of anilines is 2. The standard InChI is InChI=1S/C22H28ClNO2/c1-14(2)21(22(25)26-15(3)4)24(19-9-7-18(23)8-10-19)20-12-16(5)11-17(6)13-20/h7-15,21H,1-6H3. The Morgan fingerprint density at radius 2 is 1.46 bits per heavy atom. The van der Waals surface area contributed by atoms with E-state index >= 15 is 0 Å². The minimum Gasteiger partial charge on any atom is -0.461 e. The summed E-state index contributed by atoms with van der Waals surface area (Å²) in [6.07, 6.45) is -0.157. The molecule has 0 aliphatic carbocycles. The molecule has 0 spiro atoms. The number of aryl methyl sites for hydroxylation is 2. The molecule has 0 heterocycles. The van der Waals surface area contributed by atoms with Gasteiger partial charge in [0, 0.05) is 16.4 Å². The van der Waals surface area contributed by atoms with Gasteiger partial charge >= 0.3 is 5.97 Å². The van der Waals surface area contributed by atoms with Crippen molar-refractivity contribution in [3.8, 4) is 0 Å². The fourth-order valence-corrected chi connectivity index (χ4v) is 3.27. The number of halogens is 1. The van der Waals surface area contributed by atoms with E-state index in [0.717, 1.165) is 22.5 Å². The van der Waals surface area contributed by atoms with Gasteiger partial charge in [0.1, 0.15) is 6.04 Å². The zero-order chi connectivity index (χ0) is 19.4. The second kappa shape index (κ2) is 8.59. The van der Waals surface area contributed by atoms with Crippen molar-refractivity contribution < 1.29 is 9.53 Å². The fraction of sp³-hybridized carbons (Fsp3) is 0.409. The maximum absolute atomic E-state index is 12.9. The van der Waals surface area contributed by atoms with Gasteiger partial charge in [-0.15, -0.1) is 0 Å². The lowest BCUT2D eigenvalue weighted by atomic mass is 9.99. The Morgan fingerprint density at radius 1 is 0.923 bits per heavy atom. The molecular weight excluding hydrogens is 346 g/mol. The molecule has 1 unspecified atom stereocenters. The Balaban J connectivity index is 2.60. The van der Waals surface area contributed by atoms with Crippen LogP contribution in [0.15, 0.2) is 42.5 Å². The lowest BCUT2D eigenvalue weighted by Crippen LogP contribution is -2.44. The van der Waals surface area contributed by atoms with Crippen molar-refractivity contribution in [2.24, 2.45) is 5.92 Å². The number of benzene rings is 2. The summed E-state index contributed by atoms with van der Waals surface area (Å²) in [7, 11) is 0. The first-order chi connectivity index (χ1) is 12.2. The van der Waals surface area contributed by atoms with Gasteiger partial charge in [-0.1, -0.05) is 31.5 Å². The van der Waals surface area contributed by atoms with E-state index in [9.17, 15) is 4.79 Å². The quantitative estimate of drug-likeness (QED) is 0.575. The first kappa shape index (κ1) is 20.3. The van der Waals surface area contributed by atoms with Crippen LogP contribution in [0.4, 0.5) is 11.4 Å². The number of hydrogen-bond donors (Lipinski definition) is 0. The molecule has 0 aliphatic heterocycles. The molecule has 2 aromatic carbocycles. The van der Waals surface area contributed by atoms with Crippen LogP contribution < -0.4 is 4.90 Å². The molecule has 26 heavy (non-hydrogen) atoms. The van der Waals surface area contributed by atoms with Crippen LogP contribution in [0.25, 0.3) is 0 Å². The summed E-state index contributed by atoms with van der Waals surface area (Å²) in [6.45, 7) is 12.0. The number of ether oxygens (including phenoxy) is 1. The molecule has 0 saturated carbocycles. The first-order valence-corrected chi connectivity index (χ1v) is 9.40. The van der Waals surface area contributed by atoms with Crippen molar-refractivity contribution in [1.29, 1.82) is 0 Å². The second-order valence-corrected chi connectivity index (χ2v) is 7.80.